The van der Waals surface area contributed by atoms with Gasteiger partial charge in [0.2, 0.25) is 0 Å². The number of esters is 1. The fraction of sp³-hybridized carbons (Fsp3) is 0.679. The first kappa shape index (κ1) is 30.0. The fourth-order valence-electron chi connectivity index (χ4n) is 5.09. The lowest BCUT2D eigenvalue weighted by molar-refractivity contribution is -0.154. The highest BCUT2D eigenvalue weighted by Crippen LogP contribution is 2.45. The van der Waals surface area contributed by atoms with Gasteiger partial charge in [-0.25, -0.2) is 4.98 Å². The van der Waals surface area contributed by atoms with Crippen LogP contribution in [0.1, 0.15) is 76.9 Å². The van der Waals surface area contributed by atoms with Gasteiger partial charge in [0.15, 0.2) is 0 Å². The Morgan fingerprint density at radius 2 is 2.03 bits per heavy atom. The number of aliphatic hydroxyl groups excluding tert-OH is 2. The third-order valence-corrected chi connectivity index (χ3v) is 9.02. The smallest absolute Gasteiger partial charge is 0.309 e. The van der Waals surface area contributed by atoms with Crippen molar-refractivity contribution < 1.29 is 29.3 Å². The zero-order valence-corrected chi connectivity index (χ0v) is 24.0. The molecule has 2 fully saturated rings. The second-order valence-corrected chi connectivity index (χ2v) is 12.7. The van der Waals surface area contributed by atoms with Crippen LogP contribution in [0, 0.1) is 24.2 Å². The Morgan fingerprint density at radius 1 is 1.32 bits per heavy atom. The number of allylic oxidation sites excluding steroid dienone is 1. The summed E-state index contributed by atoms with van der Waals surface area (Å²) in [6.07, 6.45) is 2.77. The van der Waals surface area contributed by atoms with Gasteiger partial charge in [0.05, 0.1) is 51.5 Å². The number of aromatic nitrogens is 1. The van der Waals surface area contributed by atoms with Crippen molar-refractivity contribution in [3.63, 3.8) is 0 Å². The van der Waals surface area contributed by atoms with Gasteiger partial charge in [-0.05, 0) is 45.1 Å². The van der Waals surface area contributed by atoms with E-state index in [2.05, 4.69) is 11.6 Å². The molecule has 0 saturated carbocycles. The van der Waals surface area contributed by atoms with E-state index in [1.54, 1.807) is 26.0 Å². The van der Waals surface area contributed by atoms with Gasteiger partial charge in [-0.1, -0.05) is 44.9 Å². The SMILES string of the molecule is C=CCC1C(=O)C(C)(C)C(O)CC(=O)OC(C(Cl)=Cc2csc(C)n2)CC2OC2(C)CCCC(C)C1O. The molecule has 2 saturated heterocycles. The van der Waals surface area contributed by atoms with Crippen molar-refractivity contribution in [1.29, 1.82) is 0 Å². The van der Waals surface area contributed by atoms with Crippen LogP contribution in [0.2, 0.25) is 0 Å². The summed E-state index contributed by atoms with van der Waals surface area (Å²) >= 11 is 8.14. The highest BCUT2D eigenvalue weighted by atomic mass is 35.5. The first-order chi connectivity index (χ1) is 17.3. The van der Waals surface area contributed by atoms with Crippen LogP contribution in [0.15, 0.2) is 23.1 Å². The van der Waals surface area contributed by atoms with Gasteiger partial charge in [0.1, 0.15) is 11.9 Å². The molecule has 0 spiro atoms. The van der Waals surface area contributed by atoms with Gasteiger partial charge in [-0.15, -0.1) is 17.9 Å². The Bertz CT molecular complexity index is 1020. The molecule has 7 atom stereocenters. The number of cyclic esters (lactones) is 1. The molecule has 0 radical (unpaired) electrons. The van der Waals surface area contributed by atoms with Crippen molar-refractivity contribution >= 4 is 40.8 Å². The summed E-state index contributed by atoms with van der Waals surface area (Å²) in [5, 5.41) is 25.2. The number of rotatable bonds is 4. The Morgan fingerprint density at radius 3 is 2.65 bits per heavy atom. The van der Waals surface area contributed by atoms with Crippen LogP contribution in [0.5, 0.6) is 0 Å². The summed E-state index contributed by atoms with van der Waals surface area (Å²) < 4.78 is 11.8. The highest BCUT2D eigenvalue weighted by molar-refractivity contribution is 7.09. The molecule has 9 heteroatoms. The maximum atomic E-state index is 13.5. The lowest BCUT2D eigenvalue weighted by Gasteiger charge is -2.35. The molecule has 3 heterocycles. The van der Waals surface area contributed by atoms with Crippen molar-refractivity contribution in [2.45, 2.75) is 103 Å². The average Bonchev–Trinajstić information content (AvgIpc) is 3.27. The van der Waals surface area contributed by atoms with Crippen molar-refractivity contribution in [2.24, 2.45) is 17.3 Å². The van der Waals surface area contributed by atoms with Gasteiger partial charge in [0, 0.05) is 17.7 Å². The summed E-state index contributed by atoms with van der Waals surface area (Å²) in [5.74, 6) is -1.83. The monoisotopic (exact) mass is 553 g/mol. The highest BCUT2D eigenvalue weighted by Gasteiger charge is 2.53. The van der Waals surface area contributed by atoms with Crippen molar-refractivity contribution in [1.82, 2.24) is 4.98 Å². The zero-order chi connectivity index (χ0) is 27.5. The van der Waals surface area contributed by atoms with Crippen molar-refractivity contribution in [2.75, 3.05) is 0 Å². The van der Waals surface area contributed by atoms with E-state index in [1.807, 2.05) is 26.2 Å². The quantitative estimate of drug-likeness (QED) is 0.299. The molecule has 206 valence electrons. The molecule has 0 aromatic carbocycles. The molecular weight excluding hydrogens is 514 g/mol. The average molecular weight is 554 g/mol. The van der Waals surface area contributed by atoms with Crippen LogP contribution < -0.4 is 0 Å². The Labute approximate surface area is 228 Å². The second kappa shape index (κ2) is 12.1. The maximum absolute atomic E-state index is 13.5. The molecule has 37 heavy (non-hydrogen) atoms. The zero-order valence-electron chi connectivity index (χ0n) is 22.4. The van der Waals surface area contributed by atoms with E-state index >= 15 is 0 Å². The number of epoxide rings is 1. The number of aliphatic hydroxyl groups is 2. The standard InChI is InChI=1S/C28H40ClNO6S/c1-7-9-19-25(33)16(2)10-8-11-28(6)23(36-28)13-21(20(29)12-18-15-37-17(3)30-18)35-24(32)14-22(31)27(4,5)26(19)34/h7,12,15-16,19,21-23,25,31,33H,1,8-11,13-14H2,2-6H3. The number of Topliss-reactive ketones (excluding diaryl/α,β-unsaturated/α-hetero) is 1. The third-order valence-electron chi connectivity index (χ3n) is 7.88. The maximum Gasteiger partial charge on any atom is 0.309 e. The number of hydrogen-bond donors (Lipinski definition) is 2. The number of thiazole rings is 1. The van der Waals surface area contributed by atoms with Gasteiger partial charge in [-0.2, -0.15) is 0 Å². The van der Waals surface area contributed by atoms with Crippen molar-refractivity contribution in [3.05, 3.63) is 33.8 Å². The predicted molar refractivity (Wildman–Crippen MR) is 145 cm³/mol. The summed E-state index contributed by atoms with van der Waals surface area (Å²) in [5.41, 5.74) is -0.975. The first-order valence-corrected chi connectivity index (χ1v) is 14.2. The largest absolute Gasteiger partial charge is 0.456 e. The van der Waals surface area contributed by atoms with Gasteiger partial charge < -0.3 is 19.7 Å². The summed E-state index contributed by atoms with van der Waals surface area (Å²) in [6.45, 7) is 12.8. The minimum atomic E-state index is -1.30. The van der Waals surface area contributed by atoms with E-state index in [-0.39, 0.29) is 36.2 Å². The van der Waals surface area contributed by atoms with Crippen LogP contribution in [-0.4, -0.2) is 57.0 Å². The summed E-state index contributed by atoms with van der Waals surface area (Å²) in [4.78, 5) is 30.9. The Hall–Kier alpha value is -1.58. The normalized spacial score (nSPS) is 35.9. The first-order valence-electron chi connectivity index (χ1n) is 13.0. The van der Waals surface area contributed by atoms with Crippen LogP contribution in [-0.2, 0) is 19.1 Å². The molecule has 1 aromatic rings. The summed E-state index contributed by atoms with van der Waals surface area (Å²) in [6, 6.07) is 0. The second-order valence-electron chi connectivity index (χ2n) is 11.3. The fourth-order valence-corrected chi connectivity index (χ4v) is 5.90. The molecule has 7 unspecified atom stereocenters. The third kappa shape index (κ3) is 7.30. The number of nitrogens with zero attached hydrogens (tertiary/aromatic N) is 1. The molecule has 0 amide bonds. The molecule has 3 rings (SSSR count). The number of carbonyl (C=O) groups excluding carboxylic acids is 2. The molecule has 2 N–H and O–H groups in total. The molecule has 1 aromatic heterocycles. The van der Waals surface area contributed by atoms with E-state index in [0.29, 0.717) is 17.1 Å². The number of carbonyl (C=O) groups is 2. The number of fused-ring (bicyclic) bond motifs is 1. The van der Waals surface area contributed by atoms with Crippen LogP contribution >= 0.6 is 22.9 Å². The number of hydrogen-bond acceptors (Lipinski definition) is 8. The van der Waals surface area contributed by atoms with E-state index in [0.717, 1.165) is 24.3 Å². The summed E-state index contributed by atoms with van der Waals surface area (Å²) in [7, 11) is 0. The number of ketones is 1. The van der Waals surface area contributed by atoms with E-state index in [1.165, 1.54) is 11.3 Å². The predicted octanol–water partition coefficient (Wildman–Crippen LogP) is 5.21. The van der Waals surface area contributed by atoms with Crippen LogP contribution in [0.4, 0.5) is 0 Å². The van der Waals surface area contributed by atoms with Gasteiger partial charge in [0.25, 0.3) is 0 Å². The van der Waals surface area contributed by atoms with Crippen LogP contribution in [0.3, 0.4) is 0 Å². The van der Waals surface area contributed by atoms with Crippen LogP contribution in [0.25, 0.3) is 6.08 Å². The molecule has 2 aliphatic rings. The number of ether oxygens (including phenoxy) is 2. The lowest BCUT2D eigenvalue weighted by Crippen LogP contribution is -2.46. The van der Waals surface area contributed by atoms with Crippen molar-refractivity contribution in [3.8, 4) is 0 Å². The minimum Gasteiger partial charge on any atom is -0.456 e. The Balaban J connectivity index is 1.88. The van der Waals surface area contributed by atoms with E-state index in [9.17, 15) is 19.8 Å². The molecule has 0 aliphatic carbocycles. The molecular formula is C28H40ClNO6S. The number of halogens is 1. The molecule has 2 aliphatic heterocycles. The van der Waals surface area contributed by atoms with Gasteiger partial charge in [-0.3, -0.25) is 9.59 Å². The van der Waals surface area contributed by atoms with Gasteiger partial charge >= 0.3 is 5.97 Å². The Kier molecular flexibility index (Phi) is 9.78. The number of aryl methyl sites for hydroxylation is 1. The van der Waals surface area contributed by atoms with E-state index in [4.69, 9.17) is 21.1 Å². The molecule has 7 nitrogen and oxygen atoms in total. The molecule has 0 bridgehead atoms. The van der Waals surface area contributed by atoms with E-state index < -0.39 is 35.6 Å². The minimum absolute atomic E-state index is 0.132. The topological polar surface area (TPSA) is 109 Å². The lowest BCUT2D eigenvalue weighted by atomic mass is 9.71.